The van der Waals surface area contributed by atoms with Crippen molar-refractivity contribution in [1.29, 1.82) is 0 Å². The van der Waals surface area contributed by atoms with Gasteiger partial charge in [0.1, 0.15) is 12.6 Å². The van der Waals surface area contributed by atoms with Gasteiger partial charge in [-0.1, -0.05) is 11.8 Å². The molecule has 0 aromatic carbocycles. The summed E-state index contributed by atoms with van der Waals surface area (Å²) in [5, 5.41) is 0. The summed E-state index contributed by atoms with van der Waals surface area (Å²) >= 11 is 0. The molecule has 0 aromatic rings. The Morgan fingerprint density at radius 2 is 1.75 bits per heavy atom. The van der Waals surface area contributed by atoms with Gasteiger partial charge in [-0.3, -0.25) is 4.79 Å². The number of nitrogens with two attached hydrogens (primary N) is 1. The zero-order valence-electron chi connectivity index (χ0n) is 11.2. The summed E-state index contributed by atoms with van der Waals surface area (Å²) in [6, 6.07) is -0.577. The molecule has 2 N–H and O–H groups in total. The van der Waals surface area contributed by atoms with E-state index in [1.165, 1.54) is 0 Å². The van der Waals surface area contributed by atoms with E-state index in [1.54, 1.807) is 6.92 Å². The normalized spacial score (nSPS) is 13.7. The number of carbonyl (C=O) groups excluding carboxylic acids is 1. The lowest BCUT2D eigenvalue weighted by atomic mass is 9.91. The molecule has 92 valence electrons. The molecule has 0 radical (unpaired) electrons. The second kappa shape index (κ2) is 5.36. The first-order valence-electron chi connectivity index (χ1n) is 5.50. The molecular weight excluding hydrogens is 202 g/mol. The zero-order chi connectivity index (χ0) is 13.0. The Hall–Kier alpha value is -1.01. The maximum Gasteiger partial charge on any atom is 0.322 e. The van der Waals surface area contributed by atoms with E-state index < -0.39 is 6.04 Å². The Balaban J connectivity index is 4.35. The third-order valence-corrected chi connectivity index (χ3v) is 1.72. The van der Waals surface area contributed by atoms with Crippen molar-refractivity contribution in [3.63, 3.8) is 0 Å². The van der Waals surface area contributed by atoms with E-state index in [-0.39, 0.29) is 23.4 Å². The average molecular weight is 225 g/mol. The Morgan fingerprint density at radius 1 is 1.25 bits per heavy atom. The van der Waals surface area contributed by atoms with Gasteiger partial charge in [-0.15, -0.1) is 0 Å². The van der Waals surface area contributed by atoms with Gasteiger partial charge < -0.3 is 10.5 Å². The number of hydrogen-bond donors (Lipinski definition) is 1. The van der Waals surface area contributed by atoms with Gasteiger partial charge in [0, 0.05) is 5.41 Å². The van der Waals surface area contributed by atoms with Crippen LogP contribution in [0.1, 0.15) is 41.5 Å². The number of hydrogen-bond acceptors (Lipinski definition) is 3. The fourth-order valence-corrected chi connectivity index (χ4v) is 0.776. The highest BCUT2D eigenvalue weighted by Crippen LogP contribution is 2.17. The molecule has 0 amide bonds. The molecule has 0 aliphatic rings. The molecule has 3 heteroatoms. The zero-order valence-corrected chi connectivity index (χ0v) is 11.2. The highest BCUT2D eigenvalue weighted by atomic mass is 16.5. The summed E-state index contributed by atoms with van der Waals surface area (Å²) in [7, 11) is 0. The van der Waals surface area contributed by atoms with Crippen LogP contribution in [0.4, 0.5) is 0 Å². The van der Waals surface area contributed by atoms with Gasteiger partial charge in [0.2, 0.25) is 0 Å². The maximum absolute atomic E-state index is 11.2. The van der Waals surface area contributed by atoms with Gasteiger partial charge in [-0.25, -0.2) is 0 Å². The minimum Gasteiger partial charge on any atom is -0.463 e. The largest absolute Gasteiger partial charge is 0.463 e. The molecule has 0 saturated heterocycles. The van der Waals surface area contributed by atoms with Gasteiger partial charge in [0.15, 0.2) is 0 Å². The summed E-state index contributed by atoms with van der Waals surface area (Å²) in [4.78, 5) is 11.2. The van der Waals surface area contributed by atoms with Crippen LogP contribution in [-0.4, -0.2) is 18.6 Å². The average Bonchev–Trinajstić information content (AvgIpc) is 2.10. The second-order valence-corrected chi connectivity index (χ2v) is 5.78. The van der Waals surface area contributed by atoms with E-state index in [9.17, 15) is 4.79 Å². The molecule has 0 aliphatic heterocycles. The van der Waals surface area contributed by atoms with Crippen LogP contribution in [0.5, 0.6) is 0 Å². The van der Waals surface area contributed by atoms with Crippen LogP contribution in [0.2, 0.25) is 0 Å². The minimum atomic E-state index is -0.577. The van der Waals surface area contributed by atoms with Gasteiger partial charge >= 0.3 is 5.97 Å². The van der Waals surface area contributed by atoms with Crippen molar-refractivity contribution < 1.29 is 9.53 Å². The fourth-order valence-electron chi connectivity index (χ4n) is 0.776. The first-order chi connectivity index (χ1) is 7.03. The molecule has 0 fully saturated rings. The molecule has 0 bridgehead atoms. The summed E-state index contributed by atoms with van der Waals surface area (Å²) < 4.78 is 5.07. The van der Waals surface area contributed by atoms with E-state index in [0.717, 1.165) is 0 Å². The predicted octanol–water partition coefficient (Wildman–Crippen LogP) is 1.95. The minimum absolute atomic E-state index is 0.0392. The Labute approximate surface area is 98.7 Å². The Bertz CT molecular complexity index is 300. The van der Waals surface area contributed by atoms with E-state index in [4.69, 9.17) is 10.5 Å². The van der Waals surface area contributed by atoms with Crippen molar-refractivity contribution in [1.82, 2.24) is 0 Å². The first kappa shape index (κ1) is 15.0. The van der Waals surface area contributed by atoms with Crippen LogP contribution < -0.4 is 5.73 Å². The molecule has 16 heavy (non-hydrogen) atoms. The fraction of sp³-hybridized carbons (Fsp3) is 0.769. The van der Waals surface area contributed by atoms with Crippen LogP contribution >= 0.6 is 0 Å². The van der Waals surface area contributed by atoms with Crippen molar-refractivity contribution in [2.75, 3.05) is 6.61 Å². The lowest BCUT2D eigenvalue weighted by molar-refractivity contribution is -0.146. The first-order valence-corrected chi connectivity index (χ1v) is 5.50. The second-order valence-electron chi connectivity index (χ2n) is 5.78. The lowest BCUT2D eigenvalue weighted by Gasteiger charge is -2.19. The summed E-state index contributed by atoms with van der Waals surface area (Å²) in [5.74, 6) is 5.88. The highest BCUT2D eigenvalue weighted by molar-refractivity contribution is 5.74. The van der Waals surface area contributed by atoms with E-state index in [1.807, 2.05) is 34.6 Å². The maximum atomic E-state index is 11.2. The van der Waals surface area contributed by atoms with Crippen LogP contribution in [0.25, 0.3) is 0 Å². The summed E-state index contributed by atoms with van der Waals surface area (Å²) in [6.07, 6.45) is 0. The van der Waals surface area contributed by atoms with E-state index in [0.29, 0.717) is 0 Å². The molecular formula is C13H23NO2. The standard InChI is InChI=1S/C13H23NO2/c1-10(14)11(15)16-9-13(5,6)8-7-12(2,3)4/h10H,9,14H2,1-6H3/t10-/m0/s1. The molecule has 0 aliphatic carbocycles. The van der Waals surface area contributed by atoms with Crippen molar-refractivity contribution in [3.8, 4) is 11.8 Å². The lowest BCUT2D eigenvalue weighted by Crippen LogP contribution is -2.31. The smallest absolute Gasteiger partial charge is 0.322 e. The number of rotatable bonds is 3. The Kier molecular flexibility index (Phi) is 5.02. The van der Waals surface area contributed by atoms with Crippen molar-refractivity contribution in [3.05, 3.63) is 0 Å². The summed E-state index contributed by atoms with van der Waals surface area (Å²) in [5.41, 5.74) is 5.02. The Morgan fingerprint density at radius 3 is 2.12 bits per heavy atom. The SMILES string of the molecule is C[C@H](N)C(=O)OCC(C)(C)C#CC(C)(C)C. The van der Waals surface area contributed by atoms with E-state index in [2.05, 4.69) is 11.8 Å². The number of carbonyl (C=O) groups is 1. The topological polar surface area (TPSA) is 52.3 Å². The third kappa shape index (κ3) is 7.30. The molecule has 1 atom stereocenters. The predicted molar refractivity (Wildman–Crippen MR) is 65.6 cm³/mol. The quantitative estimate of drug-likeness (QED) is 0.590. The van der Waals surface area contributed by atoms with Crippen LogP contribution in [0.15, 0.2) is 0 Å². The molecule has 0 spiro atoms. The van der Waals surface area contributed by atoms with Gasteiger partial charge in [0.25, 0.3) is 0 Å². The number of ether oxygens (including phenoxy) is 1. The molecule has 0 heterocycles. The molecule has 0 unspecified atom stereocenters. The molecule has 0 aromatic heterocycles. The van der Waals surface area contributed by atoms with Gasteiger partial charge in [-0.05, 0) is 41.5 Å². The van der Waals surface area contributed by atoms with Crippen LogP contribution in [0, 0.1) is 22.7 Å². The highest BCUT2D eigenvalue weighted by Gasteiger charge is 2.19. The van der Waals surface area contributed by atoms with E-state index >= 15 is 0 Å². The van der Waals surface area contributed by atoms with Crippen molar-refractivity contribution >= 4 is 5.97 Å². The van der Waals surface area contributed by atoms with Crippen LogP contribution in [0.3, 0.4) is 0 Å². The third-order valence-electron chi connectivity index (χ3n) is 1.72. The molecule has 0 rings (SSSR count). The van der Waals surface area contributed by atoms with Gasteiger partial charge in [-0.2, -0.15) is 0 Å². The monoisotopic (exact) mass is 225 g/mol. The van der Waals surface area contributed by atoms with Crippen LogP contribution in [-0.2, 0) is 9.53 Å². The number of esters is 1. The molecule has 3 nitrogen and oxygen atoms in total. The molecule has 0 saturated carbocycles. The van der Waals surface area contributed by atoms with Crippen molar-refractivity contribution in [2.24, 2.45) is 16.6 Å². The van der Waals surface area contributed by atoms with Gasteiger partial charge in [0.05, 0.1) is 5.41 Å². The summed E-state index contributed by atoms with van der Waals surface area (Å²) in [6.45, 7) is 11.9. The van der Waals surface area contributed by atoms with Crippen molar-refractivity contribution in [2.45, 2.75) is 47.6 Å².